The smallest absolute Gasteiger partial charge is 0.361 e. The van der Waals surface area contributed by atoms with Crippen molar-refractivity contribution in [3.05, 3.63) is 72.2 Å². The Hall–Kier alpha value is -3.94. The van der Waals surface area contributed by atoms with Gasteiger partial charge in [-0.15, -0.1) is 0 Å². The Kier molecular flexibility index (Phi) is 5.81. The summed E-state index contributed by atoms with van der Waals surface area (Å²) in [6, 6.07) is 14.5. The monoisotopic (exact) mass is 378 g/mol. The fourth-order valence-corrected chi connectivity index (χ4v) is 2.25. The zero-order valence-electron chi connectivity index (χ0n) is 15.1. The number of aryl methyl sites for hydroxylation is 1. The Morgan fingerprint density at radius 1 is 0.964 bits per heavy atom. The topological polar surface area (TPSA) is 116 Å². The summed E-state index contributed by atoms with van der Waals surface area (Å²) >= 11 is 0. The summed E-state index contributed by atoms with van der Waals surface area (Å²) in [5, 5.41) is 2.62. The molecule has 3 aromatic rings. The Labute approximate surface area is 161 Å². The molecule has 3 N–H and O–H groups in total. The highest BCUT2D eigenvalue weighted by Gasteiger charge is 2.15. The number of anilines is 2. The van der Waals surface area contributed by atoms with Crippen LogP contribution < -0.4 is 15.8 Å². The number of carbonyl (C=O) groups is 2. The van der Waals surface area contributed by atoms with Gasteiger partial charge in [0.05, 0.1) is 0 Å². The summed E-state index contributed by atoms with van der Waals surface area (Å²) in [6.45, 7) is 1.52. The van der Waals surface area contributed by atoms with Crippen LogP contribution in [0.15, 0.2) is 60.9 Å². The van der Waals surface area contributed by atoms with E-state index >= 15 is 0 Å². The molecule has 0 atom stereocenters. The van der Waals surface area contributed by atoms with Crippen molar-refractivity contribution < 1.29 is 19.1 Å². The predicted molar refractivity (Wildman–Crippen MR) is 103 cm³/mol. The highest BCUT2D eigenvalue weighted by atomic mass is 16.5. The van der Waals surface area contributed by atoms with Gasteiger partial charge in [0.25, 0.3) is 5.91 Å². The molecule has 28 heavy (non-hydrogen) atoms. The number of hydrogen-bond acceptors (Lipinski definition) is 7. The van der Waals surface area contributed by atoms with Crippen molar-refractivity contribution in [1.82, 2.24) is 9.97 Å². The average molecular weight is 378 g/mol. The summed E-state index contributed by atoms with van der Waals surface area (Å²) in [5.41, 5.74) is 7.09. The number of nitrogen functional groups attached to an aromatic ring is 1. The van der Waals surface area contributed by atoms with Crippen LogP contribution >= 0.6 is 0 Å². The molecule has 3 rings (SSSR count). The minimum atomic E-state index is -0.817. The molecule has 0 aliphatic heterocycles. The van der Waals surface area contributed by atoms with Gasteiger partial charge < -0.3 is 20.5 Å². The quantitative estimate of drug-likeness (QED) is 0.633. The third-order valence-electron chi connectivity index (χ3n) is 3.65. The summed E-state index contributed by atoms with van der Waals surface area (Å²) < 4.78 is 10.6. The molecule has 0 saturated carbocycles. The first-order valence-electron chi connectivity index (χ1n) is 8.39. The molecular formula is C20H18N4O4. The lowest BCUT2D eigenvalue weighted by molar-refractivity contribution is -0.119. The van der Waals surface area contributed by atoms with Gasteiger partial charge in [-0.25, -0.2) is 14.8 Å². The minimum absolute atomic E-state index is 0.0583. The number of ether oxygens (including phenoxy) is 2. The first kappa shape index (κ1) is 18.8. The number of hydrogen-bond donors (Lipinski definition) is 2. The molecule has 8 heteroatoms. The number of nitrogens with one attached hydrogen (secondary N) is 1. The van der Waals surface area contributed by atoms with Crippen LogP contribution in [-0.4, -0.2) is 28.5 Å². The molecular weight excluding hydrogens is 360 g/mol. The molecule has 0 unspecified atom stereocenters. The van der Waals surface area contributed by atoms with Gasteiger partial charge in [0, 0.05) is 18.1 Å². The molecule has 0 aliphatic carbocycles. The van der Waals surface area contributed by atoms with E-state index in [0.29, 0.717) is 11.4 Å². The largest absolute Gasteiger partial charge is 0.457 e. The number of esters is 1. The average Bonchev–Trinajstić information content (AvgIpc) is 2.70. The molecule has 0 bridgehead atoms. The maximum absolute atomic E-state index is 12.0. The van der Waals surface area contributed by atoms with Gasteiger partial charge >= 0.3 is 5.97 Å². The van der Waals surface area contributed by atoms with Crippen molar-refractivity contribution in [1.29, 1.82) is 0 Å². The summed E-state index contributed by atoms with van der Waals surface area (Å²) in [4.78, 5) is 31.3. The van der Waals surface area contributed by atoms with Crippen LogP contribution in [0.2, 0.25) is 0 Å². The lowest BCUT2D eigenvalue weighted by atomic mass is 10.2. The van der Waals surface area contributed by atoms with E-state index in [0.717, 1.165) is 11.3 Å². The molecule has 0 fully saturated rings. The fraction of sp³-hybridized carbons (Fsp3) is 0.100. The molecule has 1 aromatic heterocycles. The van der Waals surface area contributed by atoms with Crippen LogP contribution in [0.3, 0.4) is 0 Å². The van der Waals surface area contributed by atoms with E-state index in [2.05, 4.69) is 15.3 Å². The normalized spacial score (nSPS) is 10.2. The van der Waals surface area contributed by atoms with Crippen LogP contribution in [0.1, 0.15) is 16.1 Å². The number of carbonyl (C=O) groups excluding carboxylic acids is 2. The van der Waals surface area contributed by atoms with Crippen LogP contribution in [0.25, 0.3) is 0 Å². The Morgan fingerprint density at radius 3 is 2.21 bits per heavy atom. The Balaban J connectivity index is 1.51. The predicted octanol–water partition coefficient (Wildman–Crippen LogP) is 2.96. The van der Waals surface area contributed by atoms with Crippen molar-refractivity contribution in [2.45, 2.75) is 6.92 Å². The summed E-state index contributed by atoms with van der Waals surface area (Å²) in [5.74, 6) is -0.0216. The van der Waals surface area contributed by atoms with Crippen LogP contribution in [0, 0.1) is 6.92 Å². The first-order chi connectivity index (χ1) is 13.5. The molecule has 0 saturated heterocycles. The maximum Gasteiger partial charge on any atom is 0.361 e. The standard InChI is InChI=1S/C20H18N4O4/c1-13-2-6-15(7-3-13)28-16-8-4-14(5-9-16)24-17(25)12-27-20(26)18-19(21)23-11-10-22-18/h2-11H,12H2,1H3,(H2,21,23)(H,24,25). The van der Waals surface area contributed by atoms with Gasteiger partial charge in [0.2, 0.25) is 0 Å². The molecule has 8 nitrogen and oxygen atoms in total. The molecule has 2 aromatic carbocycles. The molecule has 1 heterocycles. The van der Waals surface area contributed by atoms with E-state index in [4.69, 9.17) is 15.2 Å². The van der Waals surface area contributed by atoms with E-state index in [1.54, 1.807) is 24.3 Å². The highest BCUT2D eigenvalue weighted by molar-refractivity contribution is 5.96. The molecule has 0 radical (unpaired) electrons. The summed E-state index contributed by atoms with van der Waals surface area (Å²) in [7, 11) is 0. The summed E-state index contributed by atoms with van der Waals surface area (Å²) in [6.07, 6.45) is 2.66. The van der Waals surface area contributed by atoms with E-state index in [-0.39, 0.29) is 11.5 Å². The zero-order chi connectivity index (χ0) is 19.9. The molecule has 0 aliphatic rings. The van der Waals surface area contributed by atoms with E-state index in [1.165, 1.54) is 12.4 Å². The first-order valence-corrected chi connectivity index (χ1v) is 8.39. The van der Waals surface area contributed by atoms with Gasteiger partial charge in [0.15, 0.2) is 18.1 Å². The lowest BCUT2D eigenvalue weighted by Gasteiger charge is -2.09. The van der Waals surface area contributed by atoms with E-state index in [1.807, 2.05) is 31.2 Å². The van der Waals surface area contributed by atoms with Crippen molar-refractivity contribution in [2.75, 3.05) is 17.7 Å². The number of benzene rings is 2. The maximum atomic E-state index is 12.0. The number of rotatable bonds is 6. The fourth-order valence-electron chi connectivity index (χ4n) is 2.25. The SMILES string of the molecule is Cc1ccc(Oc2ccc(NC(=O)COC(=O)c3nccnc3N)cc2)cc1. The van der Waals surface area contributed by atoms with Gasteiger partial charge in [-0.3, -0.25) is 4.79 Å². The van der Waals surface area contributed by atoms with Crippen molar-refractivity contribution in [3.63, 3.8) is 0 Å². The van der Waals surface area contributed by atoms with Gasteiger partial charge in [-0.05, 0) is 43.3 Å². The van der Waals surface area contributed by atoms with Crippen LogP contribution in [0.5, 0.6) is 11.5 Å². The Bertz CT molecular complexity index is 972. The van der Waals surface area contributed by atoms with Gasteiger partial charge in [-0.1, -0.05) is 17.7 Å². The second-order valence-electron chi connectivity index (χ2n) is 5.85. The Morgan fingerprint density at radius 2 is 1.57 bits per heavy atom. The van der Waals surface area contributed by atoms with Crippen LogP contribution in [-0.2, 0) is 9.53 Å². The lowest BCUT2D eigenvalue weighted by Crippen LogP contribution is -2.22. The highest BCUT2D eigenvalue weighted by Crippen LogP contribution is 2.23. The number of aromatic nitrogens is 2. The van der Waals surface area contributed by atoms with Crippen molar-refractivity contribution in [2.24, 2.45) is 0 Å². The third kappa shape index (κ3) is 5.04. The molecule has 1 amide bonds. The number of nitrogens with zero attached hydrogens (tertiary/aromatic N) is 2. The second-order valence-corrected chi connectivity index (χ2v) is 5.85. The molecule has 142 valence electrons. The molecule has 0 spiro atoms. The van der Waals surface area contributed by atoms with E-state index in [9.17, 15) is 9.59 Å². The number of nitrogens with two attached hydrogens (primary N) is 1. The second kappa shape index (κ2) is 8.63. The van der Waals surface area contributed by atoms with Crippen LogP contribution in [0.4, 0.5) is 11.5 Å². The zero-order valence-corrected chi connectivity index (χ0v) is 15.1. The number of amides is 1. The van der Waals surface area contributed by atoms with Gasteiger partial charge in [-0.2, -0.15) is 0 Å². The van der Waals surface area contributed by atoms with Crippen molar-refractivity contribution in [3.8, 4) is 11.5 Å². The van der Waals surface area contributed by atoms with Gasteiger partial charge in [0.1, 0.15) is 11.5 Å². The van der Waals surface area contributed by atoms with Crippen molar-refractivity contribution >= 4 is 23.4 Å². The minimum Gasteiger partial charge on any atom is -0.457 e. The van der Waals surface area contributed by atoms with E-state index < -0.39 is 18.5 Å². The third-order valence-corrected chi connectivity index (χ3v) is 3.65.